The molecule has 0 aliphatic carbocycles. The van der Waals surface area contributed by atoms with Gasteiger partial charge < -0.3 is 15.4 Å². The maximum absolute atomic E-state index is 13.2. The Morgan fingerprint density at radius 2 is 1.92 bits per heavy atom. The van der Waals surface area contributed by atoms with E-state index in [1.807, 2.05) is 0 Å². The fraction of sp³-hybridized carbons (Fsp3) is 0.353. The Labute approximate surface area is 149 Å². The zero-order valence-electron chi connectivity index (χ0n) is 14.0. The molecule has 0 saturated carbocycles. The van der Waals surface area contributed by atoms with Crippen LogP contribution in [-0.4, -0.2) is 60.4 Å². The number of hydrogen-bond donors (Lipinski definition) is 2. The number of nitrogens with zero attached hydrogens (tertiary/aromatic N) is 3. The molecule has 0 atom stereocenters. The summed E-state index contributed by atoms with van der Waals surface area (Å²) in [6.07, 6.45) is 0. The van der Waals surface area contributed by atoms with Crippen LogP contribution in [0, 0.1) is 11.6 Å². The number of carbonyl (C=O) groups is 1. The third-order valence-electron chi connectivity index (χ3n) is 3.91. The molecule has 1 saturated heterocycles. The number of morpholine rings is 1. The van der Waals surface area contributed by atoms with Crippen LogP contribution in [0.5, 0.6) is 0 Å². The van der Waals surface area contributed by atoms with E-state index in [9.17, 15) is 13.6 Å². The summed E-state index contributed by atoms with van der Waals surface area (Å²) in [5.41, 5.74) is 0.517. The summed E-state index contributed by atoms with van der Waals surface area (Å²) >= 11 is 0. The topological polar surface area (TPSA) is 79.4 Å². The Morgan fingerprint density at radius 1 is 1.12 bits per heavy atom. The Balaban J connectivity index is 1.49. The zero-order valence-corrected chi connectivity index (χ0v) is 14.0. The molecule has 2 aromatic rings. The van der Waals surface area contributed by atoms with Crippen LogP contribution in [0.3, 0.4) is 0 Å². The van der Waals surface area contributed by atoms with Gasteiger partial charge in [-0.1, -0.05) is 0 Å². The molecule has 1 fully saturated rings. The fourth-order valence-corrected chi connectivity index (χ4v) is 2.48. The van der Waals surface area contributed by atoms with Crippen LogP contribution in [0.1, 0.15) is 10.5 Å². The molecule has 3 rings (SSSR count). The van der Waals surface area contributed by atoms with Crippen molar-refractivity contribution in [2.45, 2.75) is 0 Å². The molecule has 0 spiro atoms. The zero-order chi connectivity index (χ0) is 18.4. The summed E-state index contributed by atoms with van der Waals surface area (Å²) in [6.45, 7) is 4.41. The predicted octanol–water partition coefficient (Wildman–Crippen LogP) is 1.56. The first kappa shape index (κ1) is 18.2. The van der Waals surface area contributed by atoms with Crippen molar-refractivity contribution in [1.82, 2.24) is 20.4 Å². The van der Waals surface area contributed by atoms with Gasteiger partial charge in [-0.05, 0) is 24.3 Å². The minimum Gasteiger partial charge on any atom is -0.379 e. The molecule has 1 aliphatic rings. The number of amides is 1. The fourth-order valence-electron chi connectivity index (χ4n) is 2.48. The van der Waals surface area contributed by atoms with Gasteiger partial charge >= 0.3 is 0 Å². The van der Waals surface area contributed by atoms with E-state index in [1.54, 1.807) is 6.07 Å². The van der Waals surface area contributed by atoms with Crippen molar-refractivity contribution in [3.8, 4) is 0 Å². The minimum absolute atomic E-state index is 0.183. The van der Waals surface area contributed by atoms with E-state index in [0.717, 1.165) is 31.8 Å². The Bertz CT molecular complexity index is 751. The third kappa shape index (κ3) is 4.93. The summed E-state index contributed by atoms with van der Waals surface area (Å²) in [7, 11) is 0. The van der Waals surface area contributed by atoms with Crippen molar-refractivity contribution >= 4 is 17.4 Å². The van der Waals surface area contributed by atoms with Crippen molar-refractivity contribution in [3.05, 3.63) is 47.7 Å². The quantitative estimate of drug-likeness (QED) is 0.811. The lowest BCUT2D eigenvalue weighted by Gasteiger charge is -2.26. The summed E-state index contributed by atoms with van der Waals surface area (Å²) in [6, 6.07) is 6.47. The highest BCUT2D eigenvalue weighted by Gasteiger charge is 2.12. The smallest absolute Gasteiger partial charge is 0.271 e. The van der Waals surface area contributed by atoms with Crippen LogP contribution in [0.2, 0.25) is 0 Å². The van der Waals surface area contributed by atoms with E-state index in [0.29, 0.717) is 31.3 Å². The number of rotatable bonds is 6. The summed E-state index contributed by atoms with van der Waals surface area (Å²) < 4.78 is 31.4. The lowest BCUT2D eigenvalue weighted by atomic mass is 10.3. The Hall–Kier alpha value is -2.65. The normalized spacial score (nSPS) is 14.8. The van der Waals surface area contributed by atoms with Crippen LogP contribution >= 0.6 is 0 Å². The van der Waals surface area contributed by atoms with Gasteiger partial charge in [-0.15, -0.1) is 10.2 Å². The third-order valence-corrected chi connectivity index (χ3v) is 3.91. The second-order valence-corrected chi connectivity index (χ2v) is 5.77. The molecule has 7 nitrogen and oxygen atoms in total. The van der Waals surface area contributed by atoms with Crippen LogP contribution in [-0.2, 0) is 4.74 Å². The predicted molar refractivity (Wildman–Crippen MR) is 91.3 cm³/mol. The van der Waals surface area contributed by atoms with Gasteiger partial charge in [0.15, 0.2) is 23.1 Å². The van der Waals surface area contributed by atoms with Crippen LogP contribution < -0.4 is 10.6 Å². The minimum atomic E-state index is -0.959. The van der Waals surface area contributed by atoms with E-state index in [1.165, 1.54) is 12.1 Å². The number of aromatic nitrogens is 2. The summed E-state index contributed by atoms with van der Waals surface area (Å²) in [5.74, 6) is -1.88. The second-order valence-electron chi connectivity index (χ2n) is 5.77. The van der Waals surface area contributed by atoms with Crippen LogP contribution in [0.4, 0.5) is 20.3 Å². The average Bonchev–Trinajstić information content (AvgIpc) is 2.66. The second kappa shape index (κ2) is 8.63. The van der Waals surface area contributed by atoms with Gasteiger partial charge in [0, 0.05) is 37.9 Å². The molecular formula is C17H19F2N5O2. The van der Waals surface area contributed by atoms with Crippen LogP contribution in [0.15, 0.2) is 30.3 Å². The van der Waals surface area contributed by atoms with E-state index in [4.69, 9.17) is 4.74 Å². The average molecular weight is 363 g/mol. The number of benzene rings is 1. The number of hydrogen-bond acceptors (Lipinski definition) is 6. The maximum atomic E-state index is 13.2. The van der Waals surface area contributed by atoms with Crippen molar-refractivity contribution in [2.75, 3.05) is 44.7 Å². The monoisotopic (exact) mass is 363 g/mol. The van der Waals surface area contributed by atoms with E-state index < -0.39 is 11.6 Å². The first-order valence-corrected chi connectivity index (χ1v) is 8.26. The van der Waals surface area contributed by atoms with Gasteiger partial charge in [0.1, 0.15) is 0 Å². The van der Waals surface area contributed by atoms with E-state index in [2.05, 4.69) is 25.7 Å². The molecule has 1 amide bonds. The lowest BCUT2D eigenvalue weighted by molar-refractivity contribution is 0.0383. The first-order chi connectivity index (χ1) is 12.6. The first-order valence-electron chi connectivity index (χ1n) is 8.26. The van der Waals surface area contributed by atoms with Gasteiger partial charge in [0.25, 0.3) is 5.91 Å². The number of carbonyl (C=O) groups excluding carboxylic acids is 1. The Kier molecular flexibility index (Phi) is 6.03. The van der Waals surface area contributed by atoms with Gasteiger partial charge in [-0.25, -0.2) is 8.78 Å². The highest BCUT2D eigenvalue weighted by atomic mass is 19.2. The molecule has 0 bridgehead atoms. The van der Waals surface area contributed by atoms with Crippen molar-refractivity contribution in [1.29, 1.82) is 0 Å². The van der Waals surface area contributed by atoms with E-state index in [-0.39, 0.29) is 11.6 Å². The van der Waals surface area contributed by atoms with Crippen LogP contribution in [0.25, 0.3) is 0 Å². The molecule has 2 heterocycles. The standard InChI is InChI=1S/C17H19F2N5O2/c18-13-2-1-12(11-14(13)19)21-16-4-3-15(22-23-16)17(25)20-5-6-24-7-9-26-10-8-24/h1-4,11H,5-10H2,(H,20,25)(H,21,23). The molecule has 1 aromatic heterocycles. The Morgan fingerprint density at radius 3 is 2.62 bits per heavy atom. The van der Waals surface area contributed by atoms with Gasteiger partial charge in [0.2, 0.25) is 0 Å². The largest absolute Gasteiger partial charge is 0.379 e. The highest BCUT2D eigenvalue weighted by molar-refractivity contribution is 5.92. The molecule has 2 N–H and O–H groups in total. The number of nitrogens with one attached hydrogen (secondary N) is 2. The van der Waals surface area contributed by atoms with Gasteiger partial charge in [-0.3, -0.25) is 9.69 Å². The summed E-state index contributed by atoms with van der Waals surface area (Å²) in [5, 5.41) is 13.3. The molecule has 138 valence electrons. The van der Waals surface area contributed by atoms with Crippen molar-refractivity contribution in [3.63, 3.8) is 0 Å². The van der Waals surface area contributed by atoms with E-state index >= 15 is 0 Å². The molecule has 0 unspecified atom stereocenters. The summed E-state index contributed by atoms with van der Waals surface area (Å²) in [4.78, 5) is 14.3. The molecule has 1 aliphatic heterocycles. The molecular weight excluding hydrogens is 344 g/mol. The van der Waals surface area contributed by atoms with Crippen molar-refractivity contribution in [2.24, 2.45) is 0 Å². The van der Waals surface area contributed by atoms with Gasteiger partial charge in [-0.2, -0.15) is 0 Å². The maximum Gasteiger partial charge on any atom is 0.271 e. The molecule has 1 aromatic carbocycles. The number of ether oxygens (including phenoxy) is 1. The molecule has 9 heteroatoms. The lowest BCUT2D eigenvalue weighted by Crippen LogP contribution is -2.41. The highest BCUT2D eigenvalue weighted by Crippen LogP contribution is 2.17. The van der Waals surface area contributed by atoms with Gasteiger partial charge in [0.05, 0.1) is 13.2 Å². The number of anilines is 2. The molecule has 0 radical (unpaired) electrons. The molecule has 26 heavy (non-hydrogen) atoms. The number of halogens is 2. The SMILES string of the molecule is O=C(NCCN1CCOCC1)c1ccc(Nc2ccc(F)c(F)c2)nn1. The van der Waals surface area contributed by atoms with Crippen molar-refractivity contribution < 1.29 is 18.3 Å².